The van der Waals surface area contributed by atoms with Gasteiger partial charge in [-0.25, -0.2) is 33.4 Å². The van der Waals surface area contributed by atoms with Crippen molar-refractivity contribution in [2.45, 2.75) is 24.5 Å². The summed E-state index contributed by atoms with van der Waals surface area (Å²) >= 11 is 0. The standard InChI is InChI=1S/C13H22N7O14P3/c14-1-2-16-13(22)32-9-8(21)6(3-30-36(26,27)34-37(28,29)33-35(23,24)25)31-12(9)20-5-19-7-10(15)17-4-18-11(7)20/h4-6,8-9,12,21H,1-3,14H2,(H,16,22)(H,26,27)(H,28,29)(H2,15,17,18)(H2,23,24,25). The van der Waals surface area contributed by atoms with Gasteiger partial charge in [0.05, 0.1) is 12.9 Å². The number of anilines is 1. The number of hydrogen-bond acceptors (Lipinski definition) is 15. The van der Waals surface area contributed by atoms with Gasteiger partial charge in [-0.1, -0.05) is 0 Å². The van der Waals surface area contributed by atoms with Crippen molar-refractivity contribution in [3.8, 4) is 0 Å². The van der Waals surface area contributed by atoms with Crippen LogP contribution in [0.15, 0.2) is 12.7 Å². The number of carbonyl (C=O) groups excluding carboxylic acids is 1. The van der Waals surface area contributed by atoms with Crippen LogP contribution in [-0.4, -0.2) is 88.3 Å². The topological polar surface area (TPSA) is 323 Å². The Morgan fingerprint density at radius 3 is 2.49 bits per heavy atom. The highest BCUT2D eigenvalue weighted by molar-refractivity contribution is 7.66. The Hall–Kier alpha value is -2.09. The van der Waals surface area contributed by atoms with Crippen LogP contribution in [-0.2, 0) is 36.3 Å². The molecule has 0 aromatic carbocycles. The molecule has 1 fully saturated rings. The highest BCUT2D eigenvalue weighted by atomic mass is 31.3. The Labute approximate surface area is 206 Å². The lowest BCUT2D eigenvalue weighted by molar-refractivity contribution is -0.0522. The zero-order valence-corrected chi connectivity index (χ0v) is 21.0. The van der Waals surface area contributed by atoms with Crippen LogP contribution in [0.1, 0.15) is 6.23 Å². The van der Waals surface area contributed by atoms with Gasteiger partial charge >= 0.3 is 29.6 Å². The second-order valence-corrected chi connectivity index (χ2v) is 11.5. The molecule has 0 aliphatic carbocycles. The number of aromatic nitrogens is 4. The number of phosphoric ester groups is 1. The SMILES string of the molecule is NCCNC(=O)OC1C(O)C(COP(=O)(O)OP(=O)(O)OP(=O)(O)O)OC1n1cnc2c(N)ncnc21. The quantitative estimate of drug-likeness (QED) is 0.131. The van der Waals surface area contributed by atoms with Crippen LogP contribution in [0.5, 0.6) is 0 Å². The van der Waals surface area contributed by atoms with E-state index < -0.39 is 60.7 Å². The second kappa shape index (κ2) is 11.3. The van der Waals surface area contributed by atoms with Gasteiger partial charge < -0.3 is 50.9 Å². The first-order valence-electron chi connectivity index (χ1n) is 9.82. The number of nitrogens with one attached hydrogen (secondary N) is 1. The van der Waals surface area contributed by atoms with Crippen molar-refractivity contribution in [3.63, 3.8) is 0 Å². The van der Waals surface area contributed by atoms with Crippen molar-refractivity contribution in [2.24, 2.45) is 5.73 Å². The zero-order chi connectivity index (χ0) is 27.6. The summed E-state index contributed by atoms with van der Waals surface area (Å²) in [5.41, 5.74) is 11.3. The average Bonchev–Trinajstić information content (AvgIpc) is 3.31. The van der Waals surface area contributed by atoms with Gasteiger partial charge in [-0.3, -0.25) is 9.09 Å². The van der Waals surface area contributed by atoms with Gasteiger partial charge in [0, 0.05) is 13.1 Å². The van der Waals surface area contributed by atoms with Crippen molar-refractivity contribution < 1.29 is 65.8 Å². The van der Waals surface area contributed by atoms with E-state index in [1.807, 2.05) is 0 Å². The molecule has 6 unspecified atom stereocenters. The van der Waals surface area contributed by atoms with Crippen molar-refractivity contribution >= 4 is 46.5 Å². The molecule has 1 aliphatic rings. The van der Waals surface area contributed by atoms with E-state index in [4.69, 9.17) is 30.7 Å². The molecule has 0 bridgehead atoms. The summed E-state index contributed by atoms with van der Waals surface area (Å²) in [4.78, 5) is 60.1. The fourth-order valence-corrected chi connectivity index (χ4v) is 6.10. The van der Waals surface area contributed by atoms with Crippen LogP contribution in [0.4, 0.5) is 10.6 Å². The fourth-order valence-electron chi connectivity index (χ4n) is 3.07. The van der Waals surface area contributed by atoms with E-state index in [1.165, 1.54) is 10.9 Å². The first kappa shape index (κ1) is 29.5. The molecule has 1 aliphatic heterocycles. The summed E-state index contributed by atoms with van der Waals surface area (Å²) in [5.74, 6) is 0.00432. The summed E-state index contributed by atoms with van der Waals surface area (Å²) in [6.07, 6.45) is -4.84. The van der Waals surface area contributed by atoms with Crippen LogP contribution >= 0.6 is 23.5 Å². The molecule has 2 aromatic rings. The number of hydrogen-bond donors (Lipinski definition) is 8. The summed E-state index contributed by atoms with van der Waals surface area (Å²) < 4.78 is 58.1. The maximum absolute atomic E-state index is 12.1. The number of nitrogens with two attached hydrogens (primary N) is 2. The molecule has 1 saturated heterocycles. The fraction of sp³-hybridized carbons (Fsp3) is 0.538. The first-order chi connectivity index (χ1) is 17.1. The monoisotopic (exact) mass is 593 g/mol. The minimum atomic E-state index is -5.77. The Morgan fingerprint density at radius 2 is 1.84 bits per heavy atom. The molecule has 3 rings (SSSR count). The van der Waals surface area contributed by atoms with E-state index >= 15 is 0 Å². The third-order valence-corrected chi connectivity index (χ3v) is 8.25. The number of rotatable bonds is 11. The molecule has 1 amide bonds. The van der Waals surface area contributed by atoms with E-state index in [1.54, 1.807) is 0 Å². The van der Waals surface area contributed by atoms with Crippen molar-refractivity contribution in [1.29, 1.82) is 0 Å². The number of carbonyl (C=O) groups is 1. The number of aliphatic hydroxyl groups excluding tert-OH is 1. The number of phosphoric acid groups is 3. The number of alkyl carbamates (subject to hydrolysis) is 1. The van der Waals surface area contributed by atoms with Crippen molar-refractivity contribution in [2.75, 3.05) is 25.4 Å². The third kappa shape index (κ3) is 7.71. The van der Waals surface area contributed by atoms with Crippen LogP contribution < -0.4 is 16.8 Å². The van der Waals surface area contributed by atoms with Gasteiger partial charge in [-0.15, -0.1) is 0 Å². The molecule has 0 radical (unpaired) electrons. The van der Waals surface area contributed by atoms with E-state index in [0.717, 1.165) is 6.33 Å². The number of amides is 1. The summed E-state index contributed by atoms with van der Waals surface area (Å²) in [5, 5.41) is 13.0. The van der Waals surface area contributed by atoms with Gasteiger partial charge in [-0.05, 0) is 0 Å². The maximum atomic E-state index is 12.1. The second-order valence-electron chi connectivity index (χ2n) is 7.11. The number of aliphatic hydroxyl groups is 1. The van der Waals surface area contributed by atoms with Gasteiger partial charge in [0.1, 0.15) is 24.1 Å². The summed E-state index contributed by atoms with van der Waals surface area (Å²) in [6.45, 7) is -0.914. The van der Waals surface area contributed by atoms with Gasteiger partial charge in [0.15, 0.2) is 23.8 Å². The average molecular weight is 593 g/mol. The van der Waals surface area contributed by atoms with Gasteiger partial charge in [-0.2, -0.15) is 8.62 Å². The highest BCUT2D eigenvalue weighted by Gasteiger charge is 2.49. The molecular weight excluding hydrogens is 571 g/mol. The molecule has 21 nitrogen and oxygen atoms in total. The first-order valence-corrected chi connectivity index (χ1v) is 14.3. The van der Waals surface area contributed by atoms with E-state index in [2.05, 4.69) is 33.4 Å². The molecule has 6 atom stereocenters. The van der Waals surface area contributed by atoms with Crippen LogP contribution in [0.2, 0.25) is 0 Å². The van der Waals surface area contributed by atoms with Crippen molar-refractivity contribution in [1.82, 2.24) is 24.8 Å². The number of nitrogen functional groups attached to an aromatic ring is 1. The van der Waals surface area contributed by atoms with E-state index in [0.29, 0.717) is 0 Å². The number of imidazole rings is 1. The lowest BCUT2D eigenvalue weighted by Crippen LogP contribution is -2.40. The third-order valence-electron chi connectivity index (χ3n) is 4.45. The van der Waals surface area contributed by atoms with Crippen LogP contribution in [0, 0.1) is 0 Å². The lowest BCUT2D eigenvalue weighted by Gasteiger charge is -2.22. The lowest BCUT2D eigenvalue weighted by atomic mass is 10.1. The summed E-state index contributed by atoms with van der Waals surface area (Å²) in [6, 6.07) is 0. The highest BCUT2D eigenvalue weighted by Crippen LogP contribution is 2.66. The molecule has 10 N–H and O–H groups in total. The molecule has 0 saturated carbocycles. The number of nitrogens with zero attached hydrogens (tertiary/aromatic N) is 4. The number of fused-ring (bicyclic) bond motifs is 1. The molecule has 208 valence electrons. The predicted molar refractivity (Wildman–Crippen MR) is 117 cm³/mol. The Balaban J connectivity index is 1.80. The van der Waals surface area contributed by atoms with Crippen molar-refractivity contribution in [3.05, 3.63) is 12.7 Å². The molecule has 0 spiro atoms. The van der Waals surface area contributed by atoms with E-state index in [-0.39, 0.29) is 30.1 Å². The predicted octanol–water partition coefficient (Wildman–Crippen LogP) is -1.94. The van der Waals surface area contributed by atoms with Gasteiger partial charge in [0.2, 0.25) is 0 Å². The minimum absolute atomic E-state index is 0.00432. The normalized spacial score (nSPS) is 25.5. The van der Waals surface area contributed by atoms with Crippen LogP contribution in [0.25, 0.3) is 11.2 Å². The Morgan fingerprint density at radius 1 is 1.14 bits per heavy atom. The van der Waals surface area contributed by atoms with Gasteiger partial charge in [0.25, 0.3) is 0 Å². The zero-order valence-electron chi connectivity index (χ0n) is 18.3. The van der Waals surface area contributed by atoms with E-state index in [9.17, 15) is 33.4 Å². The Bertz CT molecular complexity index is 1270. The minimum Gasteiger partial charge on any atom is -0.439 e. The largest absolute Gasteiger partial charge is 0.490 e. The Kier molecular flexibility index (Phi) is 9.03. The molecule has 24 heteroatoms. The molecular formula is C13H22N7O14P3. The molecule has 3 heterocycles. The molecule has 2 aromatic heterocycles. The maximum Gasteiger partial charge on any atom is 0.490 e. The smallest absolute Gasteiger partial charge is 0.439 e. The number of ether oxygens (including phenoxy) is 2. The van der Waals surface area contributed by atoms with Crippen LogP contribution in [0.3, 0.4) is 0 Å². The molecule has 37 heavy (non-hydrogen) atoms. The summed E-state index contributed by atoms with van der Waals surface area (Å²) in [7, 11) is -16.9.